The molecule has 0 radical (unpaired) electrons. The summed E-state index contributed by atoms with van der Waals surface area (Å²) in [5.41, 5.74) is 0. The maximum absolute atomic E-state index is 11.6. The van der Waals surface area contributed by atoms with E-state index in [0.717, 1.165) is 13.1 Å². The number of amides is 1. The molecule has 2 bridgehead atoms. The van der Waals surface area contributed by atoms with Crippen LogP contribution in [0.2, 0.25) is 0 Å². The van der Waals surface area contributed by atoms with E-state index in [0.29, 0.717) is 24.4 Å². The zero-order chi connectivity index (χ0) is 14.1. The fourth-order valence-corrected chi connectivity index (χ4v) is 2.82. The average Bonchev–Trinajstić information content (AvgIpc) is 3.02. The van der Waals surface area contributed by atoms with Crippen molar-refractivity contribution >= 4 is 31.2 Å². The van der Waals surface area contributed by atoms with E-state index in [-0.39, 0.29) is 0 Å². The Bertz CT molecular complexity index is 239. The molecule has 18 heavy (non-hydrogen) atoms. The highest BCUT2D eigenvalue weighted by molar-refractivity contribution is 7.79. The number of thiol groups is 2. The number of likely N-dealkylation sites (tertiary alicyclic amines) is 2. The monoisotopic (exact) mass is 292 g/mol. The van der Waals surface area contributed by atoms with E-state index in [1.54, 1.807) is 12.5 Å². The van der Waals surface area contributed by atoms with Crippen LogP contribution in [0.25, 0.3) is 0 Å². The molecule has 2 saturated heterocycles. The van der Waals surface area contributed by atoms with Crippen LogP contribution in [0.3, 0.4) is 0 Å². The molecule has 2 aliphatic heterocycles. The van der Waals surface area contributed by atoms with Crippen molar-refractivity contribution in [2.45, 2.75) is 45.2 Å². The molecule has 0 aromatic rings. The number of hydrogen-bond donors (Lipinski definition) is 2. The van der Waals surface area contributed by atoms with Gasteiger partial charge in [0.05, 0.1) is 0 Å². The molecule has 0 aliphatic carbocycles. The first kappa shape index (κ1) is 18.1. The van der Waals surface area contributed by atoms with Crippen molar-refractivity contribution in [1.82, 2.24) is 9.80 Å². The largest absolute Gasteiger partial charge is 0.337 e. The summed E-state index contributed by atoms with van der Waals surface area (Å²) in [7, 11) is 0. The first-order valence-corrected chi connectivity index (χ1v) is 8.48. The standard InChI is InChI=1S/C11H20N2O.2CH4S/c1-3-5-12-7-10-6-9(12)8-13(10)11(14)4-2;2*1-2/h9-10H,3-8H2,1-2H3;2*2H,1H3/t9-,10-;;/m0../s1. The zero-order valence-corrected chi connectivity index (χ0v) is 13.9. The Balaban J connectivity index is 0.000000659. The molecule has 1 amide bonds. The van der Waals surface area contributed by atoms with E-state index >= 15 is 0 Å². The van der Waals surface area contributed by atoms with Gasteiger partial charge in [-0.3, -0.25) is 9.69 Å². The third-order valence-corrected chi connectivity index (χ3v) is 3.49. The Kier molecular flexibility index (Phi) is 10.1. The SMILES string of the molecule is CCCN1C[C@@H]2C[C@H]1CN2C(=O)CC.CS.CS. The molecule has 0 spiro atoms. The predicted octanol–water partition coefficient (Wildman–Crippen LogP) is 2.18. The zero-order valence-electron chi connectivity index (χ0n) is 12.1. The normalized spacial score (nSPS) is 25.1. The summed E-state index contributed by atoms with van der Waals surface area (Å²) in [6.45, 7) is 7.48. The fourth-order valence-electron chi connectivity index (χ4n) is 2.82. The van der Waals surface area contributed by atoms with Crippen molar-refractivity contribution in [1.29, 1.82) is 0 Å². The van der Waals surface area contributed by atoms with Crippen LogP contribution >= 0.6 is 25.3 Å². The van der Waals surface area contributed by atoms with Gasteiger partial charge in [0.15, 0.2) is 0 Å². The number of fused-ring (bicyclic) bond motifs is 2. The maximum atomic E-state index is 11.6. The number of piperazine rings is 1. The molecule has 3 nitrogen and oxygen atoms in total. The van der Waals surface area contributed by atoms with Crippen molar-refractivity contribution < 1.29 is 4.79 Å². The van der Waals surface area contributed by atoms with Gasteiger partial charge in [0.1, 0.15) is 0 Å². The Labute approximate surface area is 123 Å². The Hall–Kier alpha value is 0.130. The third kappa shape index (κ3) is 4.35. The molecule has 0 aromatic carbocycles. The van der Waals surface area contributed by atoms with Gasteiger partial charge in [-0.05, 0) is 31.9 Å². The van der Waals surface area contributed by atoms with E-state index in [4.69, 9.17) is 0 Å². The van der Waals surface area contributed by atoms with Gasteiger partial charge in [-0.25, -0.2) is 0 Å². The number of rotatable bonds is 3. The van der Waals surface area contributed by atoms with Gasteiger partial charge in [0.25, 0.3) is 0 Å². The van der Waals surface area contributed by atoms with E-state index in [2.05, 4.69) is 42.0 Å². The van der Waals surface area contributed by atoms with Crippen LogP contribution in [0.5, 0.6) is 0 Å². The van der Waals surface area contributed by atoms with Crippen molar-refractivity contribution in [2.24, 2.45) is 0 Å². The maximum Gasteiger partial charge on any atom is 0.222 e. The molecule has 0 N–H and O–H groups in total. The Morgan fingerprint density at radius 1 is 1.11 bits per heavy atom. The minimum Gasteiger partial charge on any atom is -0.337 e. The summed E-state index contributed by atoms with van der Waals surface area (Å²) in [6.07, 6.45) is 6.49. The Morgan fingerprint density at radius 2 is 1.72 bits per heavy atom. The number of hydrogen-bond acceptors (Lipinski definition) is 4. The summed E-state index contributed by atoms with van der Waals surface area (Å²) in [6, 6.07) is 1.19. The van der Waals surface area contributed by atoms with E-state index in [1.165, 1.54) is 19.4 Å². The van der Waals surface area contributed by atoms with Gasteiger partial charge in [0.2, 0.25) is 5.91 Å². The molecule has 2 fully saturated rings. The highest BCUT2D eigenvalue weighted by Gasteiger charge is 2.43. The van der Waals surface area contributed by atoms with Gasteiger partial charge in [-0.15, -0.1) is 0 Å². The van der Waals surface area contributed by atoms with Gasteiger partial charge in [0, 0.05) is 31.6 Å². The summed E-state index contributed by atoms with van der Waals surface area (Å²) < 4.78 is 0. The lowest BCUT2D eigenvalue weighted by Gasteiger charge is -2.33. The summed E-state index contributed by atoms with van der Waals surface area (Å²) in [4.78, 5) is 16.2. The van der Waals surface area contributed by atoms with Crippen molar-refractivity contribution in [2.75, 3.05) is 32.1 Å². The molecular weight excluding hydrogens is 264 g/mol. The lowest BCUT2D eigenvalue weighted by molar-refractivity contribution is -0.133. The second-order valence-electron chi connectivity index (χ2n) is 4.44. The first-order chi connectivity index (χ1) is 8.76. The van der Waals surface area contributed by atoms with Crippen molar-refractivity contribution in [3.63, 3.8) is 0 Å². The quantitative estimate of drug-likeness (QED) is 0.779. The predicted molar refractivity (Wildman–Crippen MR) is 85.9 cm³/mol. The highest BCUT2D eigenvalue weighted by Crippen LogP contribution is 2.30. The smallest absolute Gasteiger partial charge is 0.222 e. The molecule has 0 aromatic heterocycles. The molecule has 2 atom stereocenters. The van der Waals surface area contributed by atoms with Gasteiger partial charge in [-0.2, -0.15) is 25.3 Å². The molecule has 2 aliphatic rings. The van der Waals surface area contributed by atoms with Gasteiger partial charge >= 0.3 is 0 Å². The Morgan fingerprint density at radius 3 is 2.11 bits per heavy atom. The van der Waals surface area contributed by atoms with Crippen LogP contribution in [0, 0.1) is 0 Å². The van der Waals surface area contributed by atoms with Crippen LogP contribution in [-0.4, -0.2) is 59.9 Å². The van der Waals surface area contributed by atoms with Crippen LogP contribution in [0.15, 0.2) is 0 Å². The van der Waals surface area contributed by atoms with E-state index in [1.807, 2.05) is 6.92 Å². The minimum absolute atomic E-state index is 0.341. The molecule has 0 saturated carbocycles. The first-order valence-electron chi connectivity index (χ1n) is 6.69. The van der Waals surface area contributed by atoms with Crippen LogP contribution < -0.4 is 0 Å². The van der Waals surface area contributed by atoms with Crippen molar-refractivity contribution in [3.8, 4) is 0 Å². The van der Waals surface area contributed by atoms with Crippen LogP contribution in [0.1, 0.15) is 33.1 Å². The van der Waals surface area contributed by atoms with Crippen LogP contribution in [0.4, 0.5) is 0 Å². The summed E-state index contributed by atoms with van der Waals surface area (Å²) in [5.74, 6) is 0.341. The van der Waals surface area contributed by atoms with Gasteiger partial charge in [-0.1, -0.05) is 13.8 Å². The molecular formula is C13H28N2OS2. The number of nitrogens with zero attached hydrogens (tertiary/aromatic N) is 2. The third-order valence-electron chi connectivity index (χ3n) is 3.49. The fraction of sp³-hybridized carbons (Fsp3) is 0.923. The lowest BCUT2D eigenvalue weighted by Crippen LogP contribution is -2.48. The molecule has 0 unspecified atom stereocenters. The summed E-state index contributed by atoms with van der Waals surface area (Å²) >= 11 is 7.06. The van der Waals surface area contributed by atoms with Crippen molar-refractivity contribution in [3.05, 3.63) is 0 Å². The second kappa shape index (κ2) is 9.98. The molecule has 2 rings (SSSR count). The molecule has 2 heterocycles. The number of carbonyl (C=O) groups is 1. The summed E-state index contributed by atoms with van der Waals surface area (Å²) in [5, 5.41) is 0. The second-order valence-corrected chi connectivity index (χ2v) is 4.44. The van der Waals surface area contributed by atoms with Crippen LogP contribution in [-0.2, 0) is 4.79 Å². The van der Waals surface area contributed by atoms with Gasteiger partial charge < -0.3 is 4.90 Å². The minimum atomic E-state index is 0.341. The average molecular weight is 293 g/mol. The highest BCUT2D eigenvalue weighted by atomic mass is 32.1. The molecule has 108 valence electrons. The molecule has 5 heteroatoms. The van der Waals surface area contributed by atoms with E-state index < -0.39 is 0 Å². The van der Waals surface area contributed by atoms with E-state index in [9.17, 15) is 4.79 Å². The number of carbonyl (C=O) groups excluding carboxylic acids is 1. The lowest BCUT2D eigenvalue weighted by atomic mass is 10.2. The topological polar surface area (TPSA) is 23.6 Å².